The number of rotatable bonds is 3. The first-order valence-electron chi connectivity index (χ1n) is 9.02. The van der Waals surface area contributed by atoms with Crippen LogP contribution in [-0.2, 0) is 5.41 Å². The SMILES string of the molecule is CN1CCN(c2nc(Nc3cc(C(C)(C)C)[nH]n3)c3cccn3n2)CC1. The molecule has 0 spiro atoms. The largest absolute Gasteiger partial charge is 0.337 e. The number of likely N-dealkylation sites (N-methyl/N-ethyl adjacent to an activating group) is 1. The van der Waals surface area contributed by atoms with Crippen molar-refractivity contribution in [3.63, 3.8) is 0 Å². The van der Waals surface area contributed by atoms with Gasteiger partial charge in [0.15, 0.2) is 11.6 Å². The molecular formula is C18H26N8. The second-order valence-corrected chi connectivity index (χ2v) is 7.93. The lowest BCUT2D eigenvalue weighted by molar-refractivity contribution is 0.310. The molecule has 0 saturated carbocycles. The fourth-order valence-electron chi connectivity index (χ4n) is 3.05. The van der Waals surface area contributed by atoms with Crippen LogP contribution in [0.2, 0.25) is 0 Å². The zero-order valence-electron chi connectivity index (χ0n) is 15.8. The maximum atomic E-state index is 4.80. The van der Waals surface area contributed by atoms with E-state index in [-0.39, 0.29) is 5.41 Å². The monoisotopic (exact) mass is 354 g/mol. The third-order valence-corrected chi connectivity index (χ3v) is 4.80. The van der Waals surface area contributed by atoms with Crippen LogP contribution in [0.1, 0.15) is 26.5 Å². The summed E-state index contributed by atoms with van der Waals surface area (Å²) in [6, 6.07) is 6.03. The van der Waals surface area contributed by atoms with Gasteiger partial charge in [-0.15, -0.1) is 5.10 Å². The molecule has 138 valence electrons. The van der Waals surface area contributed by atoms with Gasteiger partial charge in [-0.05, 0) is 19.2 Å². The van der Waals surface area contributed by atoms with Crippen LogP contribution in [-0.4, -0.2) is 62.9 Å². The average Bonchev–Trinajstić information content (AvgIpc) is 3.24. The van der Waals surface area contributed by atoms with Crippen molar-refractivity contribution in [2.75, 3.05) is 43.4 Å². The van der Waals surface area contributed by atoms with Crippen LogP contribution in [0.4, 0.5) is 17.6 Å². The van der Waals surface area contributed by atoms with Gasteiger partial charge in [0.1, 0.15) is 5.52 Å². The Balaban J connectivity index is 1.65. The summed E-state index contributed by atoms with van der Waals surface area (Å²) in [7, 11) is 2.14. The molecule has 0 atom stereocenters. The van der Waals surface area contributed by atoms with Crippen LogP contribution in [0.15, 0.2) is 24.4 Å². The van der Waals surface area contributed by atoms with E-state index >= 15 is 0 Å². The van der Waals surface area contributed by atoms with E-state index < -0.39 is 0 Å². The number of anilines is 3. The second-order valence-electron chi connectivity index (χ2n) is 7.93. The lowest BCUT2D eigenvalue weighted by Gasteiger charge is -2.32. The van der Waals surface area contributed by atoms with Gasteiger partial charge >= 0.3 is 0 Å². The Bertz CT molecular complexity index is 895. The van der Waals surface area contributed by atoms with Crippen LogP contribution < -0.4 is 10.2 Å². The Morgan fingerprint density at radius 2 is 1.92 bits per heavy atom. The summed E-state index contributed by atoms with van der Waals surface area (Å²) in [5.41, 5.74) is 2.04. The number of H-pyrrole nitrogens is 1. The Morgan fingerprint density at radius 3 is 2.62 bits per heavy atom. The smallest absolute Gasteiger partial charge is 0.245 e. The summed E-state index contributed by atoms with van der Waals surface area (Å²) in [4.78, 5) is 9.35. The van der Waals surface area contributed by atoms with Crippen molar-refractivity contribution in [2.45, 2.75) is 26.2 Å². The summed E-state index contributed by atoms with van der Waals surface area (Å²) >= 11 is 0. The molecule has 26 heavy (non-hydrogen) atoms. The van der Waals surface area contributed by atoms with Gasteiger partial charge in [0.25, 0.3) is 0 Å². The zero-order valence-corrected chi connectivity index (χ0v) is 15.8. The summed E-state index contributed by atoms with van der Waals surface area (Å²) in [5.74, 6) is 2.28. The summed E-state index contributed by atoms with van der Waals surface area (Å²) in [6.45, 7) is 10.4. The lowest BCUT2D eigenvalue weighted by atomic mass is 9.92. The van der Waals surface area contributed by atoms with Gasteiger partial charge < -0.3 is 15.1 Å². The third-order valence-electron chi connectivity index (χ3n) is 4.80. The molecular weight excluding hydrogens is 328 g/mol. The highest BCUT2D eigenvalue weighted by atomic mass is 15.4. The molecule has 0 unspecified atom stereocenters. The highest BCUT2D eigenvalue weighted by Crippen LogP contribution is 2.26. The number of nitrogens with one attached hydrogen (secondary N) is 2. The van der Waals surface area contributed by atoms with Gasteiger partial charge in [-0.2, -0.15) is 10.1 Å². The van der Waals surface area contributed by atoms with Crippen molar-refractivity contribution in [3.05, 3.63) is 30.1 Å². The highest BCUT2D eigenvalue weighted by Gasteiger charge is 2.20. The van der Waals surface area contributed by atoms with Crippen LogP contribution in [0.3, 0.4) is 0 Å². The van der Waals surface area contributed by atoms with Gasteiger partial charge in [-0.3, -0.25) is 5.10 Å². The van der Waals surface area contributed by atoms with Crippen molar-refractivity contribution in [1.82, 2.24) is 29.7 Å². The second kappa shape index (κ2) is 6.28. The van der Waals surface area contributed by atoms with E-state index in [1.165, 1.54) is 0 Å². The number of hydrogen-bond donors (Lipinski definition) is 2. The fraction of sp³-hybridized carbons (Fsp3) is 0.500. The number of fused-ring (bicyclic) bond motifs is 1. The Hall–Kier alpha value is -2.61. The van der Waals surface area contributed by atoms with Gasteiger partial charge in [-0.1, -0.05) is 20.8 Å². The first-order valence-corrected chi connectivity index (χ1v) is 9.02. The van der Waals surface area contributed by atoms with E-state index in [2.05, 4.69) is 58.2 Å². The quantitative estimate of drug-likeness (QED) is 0.751. The molecule has 0 amide bonds. The van der Waals surface area contributed by atoms with Crippen molar-refractivity contribution < 1.29 is 0 Å². The molecule has 1 aliphatic rings. The first-order chi connectivity index (χ1) is 12.4. The van der Waals surface area contributed by atoms with Crippen LogP contribution >= 0.6 is 0 Å². The van der Waals surface area contributed by atoms with Crippen LogP contribution in [0.5, 0.6) is 0 Å². The molecule has 0 aliphatic carbocycles. The number of hydrogen-bond acceptors (Lipinski definition) is 6. The Labute approximate surface area is 153 Å². The summed E-state index contributed by atoms with van der Waals surface area (Å²) in [6.07, 6.45) is 1.95. The van der Waals surface area contributed by atoms with E-state index in [4.69, 9.17) is 4.98 Å². The minimum absolute atomic E-state index is 0.0218. The van der Waals surface area contributed by atoms with Gasteiger partial charge in [-0.25, -0.2) is 4.52 Å². The molecule has 2 N–H and O–H groups in total. The zero-order chi connectivity index (χ0) is 18.3. The van der Waals surface area contributed by atoms with E-state index in [0.717, 1.165) is 55.0 Å². The topological polar surface area (TPSA) is 77.4 Å². The molecule has 0 aromatic carbocycles. The Kier molecular flexibility index (Phi) is 4.07. The molecule has 8 heteroatoms. The minimum Gasteiger partial charge on any atom is -0.337 e. The number of aromatic amines is 1. The summed E-state index contributed by atoms with van der Waals surface area (Å²) < 4.78 is 1.88. The molecule has 8 nitrogen and oxygen atoms in total. The molecule has 0 bridgehead atoms. The highest BCUT2D eigenvalue weighted by molar-refractivity contribution is 5.73. The van der Waals surface area contributed by atoms with Crippen LogP contribution in [0.25, 0.3) is 5.52 Å². The molecule has 0 radical (unpaired) electrons. The average molecular weight is 354 g/mol. The van der Waals surface area contributed by atoms with E-state index in [1.54, 1.807) is 0 Å². The molecule has 4 rings (SSSR count). The summed E-state index contributed by atoms with van der Waals surface area (Å²) in [5, 5.41) is 15.5. The molecule has 1 saturated heterocycles. The van der Waals surface area contributed by atoms with E-state index in [9.17, 15) is 0 Å². The standard InChI is InChI=1S/C18H26N8/c1-18(2,3)14-12-15(22-21-14)19-16-13-6-5-7-26(13)23-17(20-16)25-10-8-24(4)9-11-25/h5-7,12H,8-11H2,1-4H3,(H2,19,20,21,22,23). The number of piperazine rings is 1. The molecule has 1 aliphatic heterocycles. The Morgan fingerprint density at radius 1 is 1.15 bits per heavy atom. The number of aromatic nitrogens is 5. The lowest BCUT2D eigenvalue weighted by Crippen LogP contribution is -2.45. The van der Waals surface area contributed by atoms with Gasteiger partial charge in [0.2, 0.25) is 5.95 Å². The maximum absolute atomic E-state index is 4.80. The van der Waals surface area contributed by atoms with Crippen molar-refractivity contribution >= 4 is 23.1 Å². The molecule has 3 aromatic heterocycles. The number of nitrogens with zero attached hydrogens (tertiary/aromatic N) is 6. The normalized spacial score (nSPS) is 16.4. The van der Waals surface area contributed by atoms with Gasteiger partial charge in [0, 0.05) is 49.6 Å². The van der Waals surface area contributed by atoms with Crippen LogP contribution in [0, 0.1) is 0 Å². The first kappa shape index (κ1) is 16.8. The van der Waals surface area contributed by atoms with Crippen molar-refractivity contribution in [3.8, 4) is 0 Å². The van der Waals surface area contributed by atoms with Crippen molar-refractivity contribution in [2.24, 2.45) is 0 Å². The maximum Gasteiger partial charge on any atom is 0.245 e. The van der Waals surface area contributed by atoms with E-state index in [1.807, 2.05) is 28.9 Å². The van der Waals surface area contributed by atoms with Gasteiger partial charge in [0.05, 0.1) is 0 Å². The predicted octanol–water partition coefficient (Wildman–Crippen LogP) is 2.25. The van der Waals surface area contributed by atoms with E-state index in [0.29, 0.717) is 0 Å². The van der Waals surface area contributed by atoms with Crippen molar-refractivity contribution in [1.29, 1.82) is 0 Å². The minimum atomic E-state index is 0.0218. The molecule has 1 fully saturated rings. The molecule has 4 heterocycles. The fourth-order valence-corrected chi connectivity index (χ4v) is 3.05. The predicted molar refractivity (Wildman–Crippen MR) is 103 cm³/mol. The third kappa shape index (κ3) is 3.24. The molecule has 3 aromatic rings.